The monoisotopic (exact) mass is 170 g/mol. The van der Waals surface area contributed by atoms with Crippen LogP contribution < -0.4 is 0 Å². The Hall–Kier alpha value is 0.01000. The number of hydrogen-bond donors (Lipinski definition) is 0. The first kappa shape index (κ1) is 9.01. The van der Waals surface area contributed by atoms with Gasteiger partial charge in [0.2, 0.25) is 0 Å². The lowest BCUT2D eigenvalue weighted by Gasteiger charge is -1.94. The summed E-state index contributed by atoms with van der Waals surface area (Å²) >= 11 is 0. The Kier molecular flexibility index (Phi) is 3.93. The predicted molar refractivity (Wildman–Crippen MR) is 33.0 cm³/mol. The highest BCUT2D eigenvalue weighted by Crippen LogP contribution is 2.01. The van der Waals surface area contributed by atoms with Gasteiger partial charge in [-0.1, -0.05) is 0 Å². The van der Waals surface area contributed by atoms with Gasteiger partial charge in [0.1, 0.15) is 0 Å². The molecule has 0 saturated heterocycles. The van der Waals surface area contributed by atoms with Crippen LogP contribution in [0.3, 0.4) is 0 Å². The topological polar surface area (TPSA) is 60.4 Å². The summed E-state index contributed by atoms with van der Waals surface area (Å²) in [5.74, 6) is 0. The van der Waals surface area contributed by atoms with Crippen molar-refractivity contribution in [2.75, 3.05) is 12.1 Å². The van der Waals surface area contributed by atoms with Gasteiger partial charge >= 0.3 is 0 Å². The molecule has 0 fully saturated rings. The molecule has 0 radical (unpaired) electrons. The molecule has 0 amide bonds. The molecule has 0 unspecified atom stereocenters. The van der Waals surface area contributed by atoms with E-state index in [-0.39, 0.29) is 6.61 Å². The second kappa shape index (κ2) is 3.93. The van der Waals surface area contributed by atoms with Gasteiger partial charge in [-0.05, 0) is 6.92 Å². The van der Waals surface area contributed by atoms with Crippen molar-refractivity contribution < 1.29 is 17.2 Å². The van der Waals surface area contributed by atoms with E-state index in [4.69, 9.17) is 0 Å². The first-order valence-electron chi connectivity index (χ1n) is 2.28. The van der Waals surface area contributed by atoms with Gasteiger partial charge in [0.05, 0.1) is 6.61 Å². The molecule has 0 aliphatic rings. The smallest absolute Gasteiger partial charge is 0.274 e. The highest BCUT2D eigenvalue weighted by molar-refractivity contribution is 7.90. The van der Waals surface area contributed by atoms with Crippen molar-refractivity contribution in [3.63, 3.8) is 0 Å². The fourth-order valence-electron chi connectivity index (χ4n) is 0.281. The molecule has 0 aliphatic carbocycles. The number of hydrogen-bond acceptors (Lipinski definition) is 4. The molecule has 6 heteroatoms. The average molecular weight is 170 g/mol. The second-order valence-corrected chi connectivity index (χ2v) is 3.86. The Morgan fingerprint density at radius 2 is 2.11 bits per heavy atom. The maximum Gasteiger partial charge on any atom is 0.278 e. The fourth-order valence-corrected chi connectivity index (χ4v) is 1.46. The molecule has 0 heterocycles. The fraction of sp³-hybridized carbons (Fsp3) is 1.00. The van der Waals surface area contributed by atoms with Gasteiger partial charge in [0.25, 0.3) is 10.1 Å². The van der Waals surface area contributed by atoms with Gasteiger partial charge in [-0.3, -0.25) is 8.75 Å². The van der Waals surface area contributed by atoms with Crippen LogP contribution in [0.4, 0.5) is 0 Å². The van der Waals surface area contributed by atoms with Crippen molar-refractivity contribution in [3.05, 3.63) is 0 Å². The van der Waals surface area contributed by atoms with E-state index in [9.17, 15) is 13.0 Å². The minimum atomic E-state index is -3.51. The zero-order valence-corrected chi connectivity index (χ0v) is 6.61. The highest BCUT2D eigenvalue weighted by atomic mass is 32.2. The van der Waals surface area contributed by atoms with Gasteiger partial charge < -0.3 is 0 Å². The predicted octanol–water partition coefficient (Wildman–Crippen LogP) is 0.602. The molecule has 0 aromatic rings. The van der Waals surface area contributed by atoms with Crippen molar-refractivity contribution in [2.45, 2.75) is 6.92 Å². The molecule has 0 aromatic carbocycles. The highest BCUT2D eigenvalue weighted by Gasteiger charge is 2.07. The quantitative estimate of drug-likeness (QED) is 0.458. The Balaban J connectivity index is 3.88. The molecule has 0 aromatic heterocycles. The largest absolute Gasteiger partial charge is 0.278 e. The van der Waals surface area contributed by atoms with E-state index in [2.05, 4.69) is 4.18 Å². The third-order valence-electron chi connectivity index (χ3n) is 0.508. The van der Waals surface area contributed by atoms with E-state index in [0.717, 1.165) is 0 Å². The lowest BCUT2D eigenvalue weighted by Crippen LogP contribution is -2.05. The summed E-state index contributed by atoms with van der Waals surface area (Å²) in [7, 11) is -3.94. The van der Waals surface area contributed by atoms with Crippen LogP contribution in [0.2, 0.25) is 0 Å². The first-order valence-corrected chi connectivity index (χ1v) is 4.86. The Morgan fingerprint density at radius 1 is 1.56 bits per heavy atom. The summed E-state index contributed by atoms with van der Waals surface area (Å²) < 4.78 is 34.8. The van der Waals surface area contributed by atoms with Gasteiger partial charge in [0, 0.05) is 0 Å². The lowest BCUT2D eigenvalue weighted by molar-refractivity contribution is 0.341. The average Bonchev–Trinajstić information content (AvgIpc) is 1.64. The van der Waals surface area contributed by atoms with Crippen LogP contribution in [0.15, 0.2) is 0 Å². The summed E-state index contributed by atoms with van der Waals surface area (Å²) in [5, 5.41) is 0. The van der Waals surface area contributed by atoms with Gasteiger partial charge in [-0.25, -0.2) is 0 Å². The van der Waals surface area contributed by atoms with E-state index in [1.54, 1.807) is 6.92 Å². The minimum Gasteiger partial charge on any atom is -0.274 e. The molecule has 4 nitrogen and oxygen atoms in total. The summed E-state index contributed by atoms with van der Waals surface area (Å²) in [4.78, 5) is 0. The van der Waals surface area contributed by atoms with Gasteiger partial charge in [-0.2, -0.15) is 8.42 Å². The van der Waals surface area contributed by atoms with E-state index >= 15 is 0 Å². The van der Waals surface area contributed by atoms with Crippen molar-refractivity contribution in [1.29, 1.82) is 0 Å². The maximum absolute atomic E-state index is 10.4. The number of rotatable bonds is 4. The summed E-state index contributed by atoms with van der Waals surface area (Å²) in [6.45, 7) is 1.65. The summed E-state index contributed by atoms with van der Waals surface area (Å²) in [5.41, 5.74) is -0.458. The molecule has 0 spiro atoms. The minimum absolute atomic E-state index is 0.0951. The van der Waals surface area contributed by atoms with Crippen molar-refractivity contribution in [3.8, 4) is 0 Å². The Bertz CT molecular complexity index is 172. The summed E-state index contributed by atoms with van der Waals surface area (Å²) in [6.07, 6.45) is 0. The molecule has 0 N–H and O–H groups in total. The molecule has 0 aliphatic heterocycles. The van der Waals surface area contributed by atoms with Crippen LogP contribution in [-0.4, -0.2) is 20.5 Å². The Morgan fingerprint density at radius 3 is 2.44 bits per heavy atom. The van der Waals surface area contributed by atoms with Crippen LogP contribution in [0.25, 0.3) is 0 Å². The van der Waals surface area contributed by atoms with Crippen LogP contribution in [0.1, 0.15) is 6.92 Å². The van der Waals surface area contributed by atoms with Crippen LogP contribution in [0, 0.1) is 0 Å². The van der Waals surface area contributed by atoms with E-state index in [1.807, 2.05) is 0 Å². The normalized spacial score (nSPS) is 12.1. The van der Waals surface area contributed by atoms with E-state index in [1.165, 1.54) is 0 Å². The van der Waals surface area contributed by atoms with Crippen LogP contribution in [-0.2, 0) is 18.9 Å². The molecule has 0 bridgehead atoms. The first-order chi connectivity index (χ1) is 4.12. The third kappa shape index (κ3) is 4.51. The third-order valence-corrected chi connectivity index (χ3v) is 2.79. The lowest BCUT2D eigenvalue weighted by atomic mass is 10.9. The van der Waals surface area contributed by atoms with Crippen molar-refractivity contribution >= 4 is 18.6 Å². The molecule has 54 valence electrons. The maximum atomic E-state index is 10.4. The molecule has 9 heavy (non-hydrogen) atoms. The van der Waals surface area contributed by atoms with Crippen molar-refractivity contribution in [2.24, 2.45) is 0 Å². The zero-order chi connectivity index (χ0) is 7.33. The standard InChI is InChI=1S/C3H7O4PS/c1-2-7-9(5,6)3-8-4/h2-3H2,1H3. The molecule has 0 atom stereocenters. The zero-order valence-electron chi connectivity index (χ0n) is 4.90. The van der Waals surface area contributed by atoms with Gasteiger partial charge in [-0.15, -0.1) is 0 Å². The van der Waals surface area contributed by atoms with Gasteiger partial charge in [0.15, 0.2) is 14.0 Å². The molecular formula is C3H7O4PS. The van der Waals surface area contributed by atoms with E-state index < -0.39 is 24.1 Å². The second-order valence-electron chi connectivity index (χ2n) is 1.22. The van der Waals surface area contributed by atoms with Crippen LogP contribution >= 0.6 is 8.46 Å². The molecule has 0 rings (SSSR count). The van der Waals surface area contributed by atoms with Crippen LogP contribution in [0.5, 0.6) is 0 Å². The molecular weight excluding hydrogens is 163 g/mol. The SMILES string of the molecule is CCOS(=O)(=O)CP=O. The van der Waals surface area contributed by atoms with Crippen molar-refractivity contribution in [1.82, 2.24) is 0 Å². The Labute approximate surface area is 55.5 Å². The summed E-state index contributed by atoms with van der Waals surface area (Å²) in [6, 6.07) is 0. The van der Waals surface area contributed by atoms with E-state index in [0.29, 0.717) is 0 Å². The molecule has 0 saturated carbocycles.